The molecule has 9 heteroatoms. The first-order valence-corrected chi connectivity index (χ1v) is 18.6. The van der Waals surface area contributed by atoms with Crippen molar-refractivity contribution >= 4 is 33.7 Å². The van der Waals surface area contributed by atoms with Crippen molar-refractivity contribution in [1.29, 1.82) is 0 Å². The van der Waals surface area contributed by atoms with Gasteiger partial charge in [-0.05, 0) is 92.8 Å². The van der Waals surface area contributed by atoms with Gasteiger partial charge in [0, 0.05) is 59.7 Å². The molecule has 1 aromatic heterocycles. The molecular formula is C37H46N4O4S. The van der Waals surface area contributed by atoms with Crippen molar-refractivity contribution in [1.82, 2.24) is 19.5 Å². The Morgan fingerprint density at radius 2 is 1.93 bits per heavy atom. The van der Waals surface area contributed by atoms with E-state index in [1.54, 1.807) is 7.11 Å². The SMILES string of the molecule is CCC(C)S(=O)NC(=O)c1ccc2c(C3CCCCC3)c3n(c2c1)CC1(C(=O)N2CC4CCC2CN4)CC1c1cc(OC)ccc1-3. The number of nitrogens with zero attached hydrogens (tertiary/aromatic N) is 2. The highest BCUT2D eigenvalue weighted by Crippen LogP contribution is 2.66. The molecule has 8 nitrogen and oxygen atoms in total. The molecule has 6 atom stereocenters. The van der Waals surface area contributed by atoms with E-state index in [9.17, 15) is 13.8 Å². The van der Waals surface area contributed by atoms with Gasteiger partial charge in [0.1, 0.15) is 16.7 Å². The van der Waals surface area contributed by atoms with Gasteiger partial charge in [-0.25, -0.2) is 4.21 Å². The minimum absolute atomic E-state index is 0.122. The Labute approximate surface area is 274 Å². The van der Waals surface area contributed by atoms with Gasteiger partial charge in [0.15, 0.2) is 0 Å². The second kappa shape index (κ2) is 11.5. The Bertz CT molecular complexity index is 1740. The van der Waals surface area contributed by atoms with E-state index in [4.69, 9.17) is 4.74 Å². The Balaban J connectivity index is 1.30. The third-order valence-corrected chi connectivity index (χ3v) is 13.4. The van der Waals surface area contributed by atoms with Crippen LogP contribution in [0.1, 0.15) is 105 Å². The van der Waals surface area contributed by atoms with Gasteiger partial charge in [-0.1, -0.05) is 32.3 Å². The number of ether oxygens (including phenoxy) is 1. The van der Waals surface area contributed by atoms with Gasteiger partial charge in [-0.2, -0.15) is 0 Å². The highest BCUT2D eigenvalue weighted by atomic mass is 32.2. The van der Waals surface area contributed by atoms with E-state index in [0.717, 1.165) is 62.9 Å². The van der Waals surface area contributed by atoms with Gasteiger partial charge in [-0.3, -0.25) is 14.3 Å². The number of methoxy groups -OCH3 is 1. The normalized spacial score (nSPS) is 28.1. The number of carbonyl (C=O) groups is 2. The van der Waals surface area contributed by atoms with Crippen LogP contribution < -0.4 is 14.8 Å². The van der Waals surface area contributed by atoms with Crippen LogP contribution in [0.5, 0.6) is 5.75 Å². The summed E-state index contributed by atoms with van der Waals surface area (Å²) in [4.78, 5) is 30.5. The van der Waals surface area contributed by atoms with E-state index in [2.05, 4.69) is 43.8 Å². The van der Waals surface area contributed by atoms with Gasteiger partial charge in [0.25, 0.3) is 5.91 Å². The fourth-order valence-electron chi connectivity index (χ4n) is 9.07. The zero-order valence-electron chi connectivity index (χ0n) is 27.3. The van der Waals surface area contributed by atoms with Crippen LogP contribution >= 0.6 is 0 Å². The Kier molecular flexibility index (Phi) is 7.55. The molecule has 2 aliphatic carbocycles. The van der Waals surface area contributed by atoms with E-state index < -0.39 is 16.4 Å². The molecule has 0 radical (unpaired) electrons. The van der Waals surface area contributed by atoms with Crippen molar-refractivity contribution < 1.29 is 18.5 Å². The molecule has 46 heavy (non-hydrogen) atoms. The Morgan fingerprint density at radius 3 is 2.63 bits per heavy atom. The maximum Gasteiger partial charge on any atom is 0.263 e. The van der Waals surface area contributed by atoms with E-state index >= 15 is 0 Å². The van der Waals surface area contributed by atoms with Crippen molar-refractivity contribution in [3.63, 3.8) is 0 Å². The van der Waals surface area contributed by atoms with E-state index in [1.165, 1.54) is 47.0 Å². The number of fused-ring (bicyclic) bond motifs is 10. The molecule has 2 N–H and O–H groups in total. The van der Waals surface area contributed by atoms with Crippen LogP contribution in [-0.2, 0) is 22.3 Å². The summed E-state index contributed by atoms with van der Waals surface area (Å²) < 4.78 is 23.7. The van der Waals surface area contributed by atoms with Crippen molar-refractivity contribution in [3.8, 4) is 17.0 Å². The summed E-state index contributed by atoms with van der Waals surface area (Å²) in [7, 11) is 0.260. The third kappa shape index (κ3) is 4.75. The number of hydrogen-bond acceptors (Lipinski definition) is 5. The molecule has 6 aliphatic rings. The molecule has 2 saturated carbocycles. The lowest BCUT2D eigenvalue weighted by molar-refractivity contribution is -0.144. The fraction of sp³-hybridized carbons (Fsp3) is 0.568. The maximum atomic E-state index is 14.8. The minimum atomic E-state index is -1.45. The molecule has 2 amide bonds. The van der Waals surface area contributed by atoms with Crippen LogP contribution in [0.25, 0.3) is 22.2 Å². The number of nitrogens with one attached hydrogen (secondary N) is 2. The van der Waals surface area contributed by atoms with Crippen LogP contribution in [0.15, 0.2) is 36.4 Å². The number of piperazine rings is 1. The lowest BCUT2D eigenvalue weighted by Gasteiger charge is -2.47. The molecule has 5 fully saturated rings. The van der Waals surface area contributed by atoms with Crippen molar-refractivity contribution in [3.05, 3.63) is 53.1 Å². The molecule has 2 aromatic carbocycles. The molecule has 9 rings (SSSR count). The molecule has 4 aliphatic heterocycles. The van der Waals surface area contributed by atoms with Crippen molar-refractivity contribution in [2.75, 3.05) is 20.2 Å². The molecule has 244 valence electrons. The highest BCUT2D eigenvalue weighted by molar-refractivity contribution is 7.84. The second-order valence-corrected chi connectivity index (χ2v) is 16.1. The second-order valence-electron chi connectivity index (χ2n) is 14.5. The number of rotatable bonds is 7. The summed E-state index contributed by atoms with van der Waals surface area (Å²) in [5, 5.41) is 4.67. The zero-order valence-corrected chi connectivity index (χ0v) is 28.1. The quantitative estimate of drug-likeness (QED) is 0.330. The number of carbonyl (C=O) groups excluding carboxylic acids is 2. The first-order chi connectivity index (χ1) is 22.3. The number of piperidine rings is 2. The Morgan fingerprint density at radius 1 is 1.11 bits per heavy atom. The summed E-state index contributed by atoms with van der Waals surface area (Å²) in [6.45, 7) is 6.12. The first kappa shape index (κ1) is 30.2. The van der Waals surface area contributed by atoms with Gasteiger partial charge < -0.3 is 19.5 Å². The zero-order chi connectivity index (χ0) is 31.7. The van der Waals surface area contributed by atoms with E-state index in [0.29, 0.717) is 24.1 Å². The van der Waals surface area contributed by atoms with Gasteiger partial charge in [-0.15, -0.1) is 0 Å². The van der Waals surface area contributed by atoms with Crippen LogP contribution in [0, 0.1) is 5.41 Å². The van der Waals surface area contributed by atoms with Crippen LogP contribution in [0.2, 0.25) is 0 Å². The lowest BCUT2D eigenvalue weighted by Crippen LogP contribution is -2.63. The highest BCUT2D eigenvalue weighted by Gasteiger charge is 2.64. The van der Waals surface area contributed by atoms with Crippen LogP contribution in [0.3, 0.4) is 0 Å². The van der Waals surface area contributed by atoms with Crippen LogP contribution in [0.4, 0.5) is 0 Å². The predicted octanol–water partition coefficient (Wildman–Crippen LogP) is 6.01. The standard InChI is InChI=1S/C37H46N4O4S/c1-4-22(2)46(44)39-35(42)24-10-14-29-32(16-24)41-21-37(36(43)40-20-25-11-12-26(40)19-38-25)18-31(37)30-17-27(45-3)13-15-28(30)34(41)33(29)23-8-6-5-7-9-23/h10,13-17,22-23,25-26,31,38H,4-9,11-12,18-21H2,1-3H3,(H,39,42). The largest absolute Gasteiger partial charge is 0.497 e. The van der Waals surface area contributed by atoms with Gasteiger partial charge >= 0.3 is 0 Å². The van der Waals surface area contributed by atoms with E-state index in [-0.39, 0.29) is 29.0 Å². The number of hydrogen-bond donors (Lipinski definition) is 2. The van der Waals surface area contributed by atoms with E-state index in [1.807, 2.05) is 26.0 Å². The van der Waals surface area contributed by atoms with Gasteiger partial charge in [0.2, 0.25) is 5.91 Å². The van der Waals surface area contributed by atoms with Gasteiger partial charge in [0.05, 0.1) is 23.5 Å². The average molecular weight is 643 g/mol. The number of amides is 2. The number of benzene rings is 2. The maximum absolute atomic E-state index is 14.8. The molecular weight excluding hydrogens is 596 g/mol. The molecule has 3 aromatic rings. The predicted molar refractivity (Wildman–Crippen MR) is 181 cm³/mol. The molecule has 2 bridgehead atoms. The first-order valence-electron chi connectivity index (χ1n) is 17.4. The summed E-state index contributed by atoms with van der Waals surface area (Å²) in [6.07, 6.45) is 9.72. The lowest BCUT2D eigenvalue weighted by atomic mass is 9.81. The van der Waals surface area contributed by atoms with Crippen LogP contribution in [-0.4, -0.2) is 63.0 Å². The molecule has 5 heterocycles. The Hall–Kier alpha value is -3.17. The topological polar surface area (TPSA) is 92.7 Å². The minimum Gasteiger partial charge on any atom is -0.497 e. The number of aromatic nitrogens is 1. The molecule has 6 unspecified atom stereocenters. The monoisotopic (exact) mass is 642 g/mol. The smallest absolute Gasteiger partial charge is 0.263 e. The fourth-order valence-corrected chi connectivity index (χ4v) is 9.87. The average Bonchev–Trinajstić information content (AvgIpc) is 3.77. The van der Waals surface area contributed by atoms with Crippen molar-refractivity contribution in [2.24, 2.45) is 5.41 Å². The summed E-state index contributed by atoms with van der Waals surface area (Å²) >= 11 is 0. The molecule has 3 saturated heterocycles. The van der Waals surface area contributed by atoms with Crippen molar-refractivity contribution in [2.45, 2.75) is 107 Å². The summed E-state index contributed by atoms with van der Waals surface area (Å²) in [5.41, 5.74) is 5.96. The summed E-state index contributed by atoms with van der Waals surface area (Å²) in [5.74, 6) is 1.34. The molecule has 0 spiro atoms. The summed E-state index contributed by atoms with van der Waals surface area (Å²) in [6, 6.07) is 13.1. The third-order valence-electron chi connectivity index (χ3n) is 12.0.